The third-order valence-electron chi connectivity index (χ3n) is 1.83. The van der Waals surface area contributed by atoms with Crippen LogP contribution in [0.15, 0.2) is 35.3 Å². The number of carbonyl (C=O) groups is 1. The smallest absolute Gasteiger partial charge is 0.292 e. The van der Waals surface area contributed by atoms with Gasteiger partial charge in [-0.05, 0) is 5.56 Å². The Balaban J connectivity index is 1.86. The molecule has 0 fully saturated rings. The fraction of sp³-hybridized carbons (Fsp3) is 0.200. The van der Waals surface area contributed by atoms with Crippen LogP contribution in [0.3, 0.4) is 0 Å². The highest BCUT2D eigenvalue weighted by molar-refractivity contribution is 6.00. The van der Waals surface area contributed by atoms with Crippen LogP contribution in [-0.2, 0) is 16.1 Å². The molecule has 14 heavy (non-hydrogen) atoms. The van der Waals surface area contributed by atoms with E-state index in [1.54, 1.807) is 0 Å². The van der Waals surface area contributed by atoms with Crippen molar-refractivity contribution in [1.82, 2.24) is 5.32 Å². The van der Waals surface area contributed by atoms with Gasteiger partial charge in [0.15, 0.2) is 0 Å². The van der Waals surface area contributed by atoms with Crippen molar-refractivity contribution in [2.45, 2.75) is 6.61 Å². The first-order valence-electron chi connectivity index (χ1n) is 4.35. The van der Waals surface area contributed by atoms with Crippen molar-refractivity contribution < 1.29 is 9.53 Å². The molecule has 1 amide bonds. The van der Waals surface area contributed by atoms with Gasteiger partial charge in [0.2, 0.25) is 5.91 Å². The minimum absolute atomic E-state index is 0.118. The normalized spacial score (nSPS) is 14.9. The number of amides is 1. The Morgan fingerprint density at radius 2 is 2.14 bits per heavy atom. The van der Waals surface area contributed by atoms with Crippen LogP contribution in [0.4, 0.5) is 0 Å². The lowest BCUT2D eigenvalue weighted by molar-refractivity contribution is -0.117. The Hall–Kier alpha value is -1.84. The summed E-state index contributed by atoms with van der Waals surface area (Å²) in [4.78, 5) is 14.6. The summed E-state index contributed by atoms with van der Waals surface area (Å²) in [6.45, 7) is 0.601. The van der Waals surface area contributed by atoms with E-state index in [-0.39, 0.29) is 12.5 Å². The summed E-state index contributed by atoms with van der Waals surface area (Å²) in [6.07, 6.45) is 0. The average Bonchev–Trinajstić information content (AvgIpc) is 2.63. The molecule has 0 saturated carbocycles. The van der Waals surface area contributed by atoms with Crippen LogP contribution < -0.4 is 5.32 Å². The van der Waals surface area contributed by atoms with Crippen LogP contribution in [0.2, 0.25) is 0 Å². The third-order valence-corrected chi connectivity index (χ3v) is 1.83. The summed E-state index contributed by atoms with van der Waals surface area (Å²) in [5.74, 6) is -0.118. The van der Waals surface area contributed by atoms with Crippen molar-refractivity contribution in [1.29, 1.82) is 0 Å². The fourth-order valence-corrected chi connectivity index (χ4v) is 1.15. The van der Waals surface area contributed by atoms with Crippen LogP contribution in [-0.4, -0.2) is 18.5 Å². The number of rotatable bonds is 2. The van der Waals surface area contributed by atoms with Gasteiger partial charge in [-0.15, -0.1) is 0 Å². The summed E-state index contributed by atoms with van der Waals surface area (Å²) in [5.41, 5.74) is 1.05. The predicted octanol–water partition coefficient (Wildman–Crippen LogP) is 0.689. The number of hydrogen-bond acceptors (Lipinski definition) is 3. The first kappa shape index (κ1) is 8.74. The van der Waals surface area contributed by atoms with Gasteiger partial charge in [0.1, 0.15) is 13.2 Å². The number of amidine groups is 1. The van der Waals surface area contributed by atoms with Crippen molar-refractivity contribution in [3.8, 4) is 0 Å². The maximum absolute atomic E-state index is 10.8. The molecule has 2 rings (SSSR count). The summed E-state index contributed by atoms with van der Waals surface area (Å²) in [7, 11) is 0. The number of carbonyl (C=O) groups excluding carboxylic acids is 1. The molecule has 0 spiro atoms. The van der Waals surface area contributed by atoms with Gasteiger partial charge in [0.05, 0.1) is 0 Å². The van der Waals surface area contributed by atoms with E-state index in [4.69, 9.17) is 4.74 Å². The van der Waals surface area contributed by atoms with Crippen molar-refractivity contribution in [2.24, 2.45) is 4.99 Å². The summed E-state index contributed by atoms with van der Waals surface area (Å²) >= 11 is 0. The molecule has 1 aromatic rings. The summed E-state index contributed by atoms with van der Waals surface area (Å²) < 4.78 is 5.28. The van der Waals surface area contributed by atoms with Crippen LogP contribution in [0.1, 0.15) is 5.56 Å². The molecule has 4 heteroatoms. The van der Waals surface area contributed by atoms with Crippen LogP contribution >= 0.6 is 0 Å². The topological polar surface area (TPSA) is 50.7 Å². The zero-order valence-corrected chi connectivity index (χ0v) is 7.56. The molecule has 1 aliphatic heterocycles. The number of benzene rings is 1. The number of nitrogens with one attached hydrogen (secondary N) is 1. The highest BCUT2D eigenvalue weighted by Gasteiger charge is 2.13. The number of ether oxygens (including phenoxy) is 1. The molecule has 0 aromatic heterocycles. The Morgan fingerprint density at radius 3 is 2.79 bits per heavy atom. The van der Waals surface area contributed by atoms with Crippen molar-refractivity contribution in [3.63, 3.8) is 0 Å². The predicted molar refractivity (Wildman–Crippen MR) is 51.7 cm³/mol. The van der Waals surface area contributed by atoms with E-state index in [9.17, 15) is 4.79 Å². The largest absolute Gasteiger partial charge is 0.460 e. The molecule has 1 heterocycles. The summed E-state index contributed by atoms with van der Waals surface area (Å²) in [6, 6.07) is 10.0. The van der Waals surface area contributed by atoms with E-state index in [0.29, 0.717) is 12.6 Å². The van der Waals surface area contributed by atoms with E-state index in [2.05, 4.69) is 10.3 Å². The zero-order valence-electron chi connectivity index (χ0n) is 7.56. The second-order valence-electron chi connectivity index (χ2n) is 2.94. The van der Waals surface area contributed by atoms with Crippen molar-refractivity contribution in [3.05, 3.63) is 35.9 Å². The van der Waals surface area contributed by atoms with Gasteiger partial charge < -0.3 is 4.74 Å². The van der Waals surface area contributed by atoms with Gasteiger partial charge >= 0.3 is 0 Å². The molecular weight excluding hydrogens is 180 g/mol. The molecule has 1 aromatic carbocycles. The Kier molecular flexibility index (Phi) is 2.44. The van der Waals surface area contributed by atoms with Gasteiger partial charge in [0, 0.05) is 0 Å². The lowest BCUT2D eigenvalue weighted by Gasteiger charge is -2.04. The van der Waals surface area contributed by atoms with Crippen LogP contribution in [0.5, 0.6) is 0 Å². The van der Waals surface area contributed by atoms with Crippen molar-refractivity contribution in [2.75, 3.05) is 6.54 Å². The number of nitrogens with zero attached hydrogens (tertiary/aromatic N) is 1. The fourth-order valence-electron chi connectivity index (χ4n) is 1.15. The second kappa shape index (κ2) is 3.91. The number of aliphatic imine (C=N–C) groups is 1. The summed E-state index contributed by atoms with van der Waals surface area (Å²) in [5, 5.41) is 2.51. The third kappa shape index (κ3) is 2.10. The molecule has 1 aliphatic rings. The van der Waals surface area contributed by atoms with Gasteiger partial charge in [-0.25, -0.2) is 4.99 Å². The molecule has 0 radical (unpaired) electrons. The molecule has 0 unspecified atom stereocenters. The Bertz CT molecular complexity index is 360. The van der Waals surface area contributed by atoms with Crippen LogP contribution in [0.25, 0.3) is 0 Å². The van der Waals surface area contributed by atoms with E-state index in [0.717, 1.165) is 5.56 Å². The number of hydrogen-bond donors (Lipinski definition) is 1. The highest BCUT2D eigenvalue weighted by Crippen LogP contribution is 2.01. The Morgan fingerprint density at radius 1 is 1.36 bits per heavy atom. The van der Waals surface area contributed by atoms with Gasteiger partial charge in [0.25, 0.3) is 6.02 Å². The van der Waals surface area contributed by atoms with Crippen molar-refractivity contribution >= 4 is 11.9 Å². The standard InChI is InChI=1S/C10H10N2O2/c13-9-6-11-10(12-9)14-7-8-4-2-1-3-5-8/h1-5H,6-7H2,(H,11,12,13). The van der Waals surface area contributed by atoms with Crippen LogP contribution in [0, 0.1) is 0 Å². The lowest BCUT2D eigenvalue weighted by Crippen LogP contribution is -2.26. The lowest BCUT2D eigenvalue weighted by atomic mass is 10.2. The molecule has 0 bridgehead atoms. The first-order valence-corrected chi connectivity index (χ1v) is 4.35. The maximum atomic E-state index is 10.8. The van der Waals surface area contributed by atoms with E-state index >= 15 is 0 Å². The molecule has 72 valence electrons. The zero-order chi connectivity index (χ0) is 9.80. The first-order chi connectivity index (χ1) is 6.84. The molecule has 1 N–H and O–H groups in total. The quantitative estimate of drug-likeness (QED) is 0.745. The molecule has 0 saturated heterocycles. The minimum atomic E-state index is -0.118. The van der Waals surface area contributed by atoms with Gasteiger partial charge in [-0.2, -0.15) is 0 Å². The van der Waals surface area contributed by atoms with E-state index in [1.807, 2.05) is 30.3 Å². The molecule has 0 aliphatic carbocycles. The molecular formula is C10H10N2O2. The van der Waals surface area contributed by atoms with E-state index < -0.39 is 0 Å². The second-order valence-corrected chi connectivity index (χ2v) is 2.94. The highest BCUT2D eigenvalue weighted by atomic mass is 16.5. The molecule has 4 nitrogen and oxygen atoms in total. The van der Waals surface area contributed by atoms with E-state index in [1.165, 1.54) is 0 Å². The minimum Gasteiger partial charge on any atom is -0.460 e. The monoisotopic (exact) mass is 190 g/mol. The SMILES string of the molecule is O=C1CN=C(OCc2ccccc2)N1. The Labute approximate surface area is 81.6 Å². The van der Waals surface area contributed by atoms with Gasteiger partial charge in [-0.1, -0.05) is 30.3 Å². The van der Waals surface area contributed by atoms with Gasteiger partial charge in [-0.3, -0.25) is 10.1 Å². The maximum Gasteiger partial charge on any atom is 0.292 e. The average molecular weight is 190 g/mol. The molecule has 0 atom stereocenters.